The molecule has 2 rings (SSSR count). The van der Waals surface area contributed by atoms with Crippen molar-refractivity contribution in [2.75, 3.05) is 26.8 Å². The SMILES string of the molecule is CNCCCOC1CCC(OCC2CCCCC2)CC1. The van der Waals surface area contributed by atoms with Crippen LogP contribution in [0.4, 0.5) is 0 Å². The molecular weight excluding hydrogens is 250 g/mol. The fourth-order valence-corrected chi connectivity index (χ4v) is 3.49. The Labute approximate surface area is 124 Å². The largest absolute Gasteiger partial charge is 0.378 e. The molecule has 0 atom stereocenters. The zero-order chi connectivity index (χ0) is 14.0. The van der Waals surface area contributed by atoms with Gasteiger partial charge in [-0.2, -0.15) is 0 Å². The van der Waals surface area contributed by atoms with Crippen LogP contribution >= 0.6 is 0 Å². The normalized spacial score (nSPS) is 28.6. The summed E-state index contributed by atoms with van der Waals surface area (Å²) in [6.07, 6.45) is 13.9. The first kappa shape index (κ1) is 16.3. The van der Waals surface area contributed by atoms with Crippen molar-refractivity contribution in [2.45, 2.75) is 76.4 Å². The Morgan fingerprint density at radius 1 is 0.850 bits per heavy atom. The summed E-state index contributed by atoms with van der Waals surface area (Å²) in [5.74, 6) is 0.847. The lowest BCUT2D eigenvalue weighted by Gasteiger charge is -2.30. The Bertz CT molecular complexity index is 233. The second kappa shape index (κ2) is 9.75. The van der Waals surface area contributed by atoms with E-state index in [9.17, 15) is 0 Å². The first-order valence-corrected chi connectivity index (χ1v) is 8.76. The molecule has 2 saturated carbocycles. The third-order valence-electron chi connectivity index (χ3n) is 4.84. The minimum absolute atomic E-state index is 0.487. The highest BCUT2D eigenvalue weighted by atomic mass is 16.5. The van der Waals surface area contributed by atoms with E-state index in [0.29, 0.717) is 12.2 Å². The van der Waals surface area contributed by atoms with Gasteiger partial charge in [-0.05, 0) is 64.5 Å². The summed E-state index contributed by atoms with van der Waals surface area (Å²) in [6.45, 7) is 2.97. The Morgan fingerprint density at radius 2 is 1.50 bits per heavy atom. The molecule has 3 heteroatoms. The molecule has 0 radical (unpaired) electrons. The van der Waals surface area contributed by atoms with Gasteiger partial charge in [-0.15, -0.1) is 0 Å². The smallest absolute Gasteiger partial charge is 0.0577 e. The second-order valence-corrected chi connectivity index (χ2v) is 6.56. The Morgan fingerprint density at radius 3 is 2.15 bits per heavy atom. The maximum absolute atomic E-state index is 6.15. The number of hydrogen-bond acceptors (Lipinski definition) is 3. The number of nitrogens with one attached hydrogen (secondary N) is 1. The lowest BCUT2D eigenvalue weighted by molar-refractivity contribution is -0.0428. The molecule has 1 N–H and O–H groups in total. The molecule has 0 aromatic heterocycles. The van der Waals surface area contributed by atoms with Crippen molar-refractivity contribution in [1.29, 1.82) is 0 Å². The van der Waals surface area contributed by atoms with Crippen molar-refractivity contribution in [3.63, 3.8) is 0 Å². The van der Waals surface area contributed by atoms with E-state index in [1.54, 1.807) is 0 Å². The van der Waals surface area contributed by atoms with Crippen molar-refractivity contribution < 1.29 is 9.47 Å². The van der Waals surface area contributed by atoms with Gasteiger partial charge in [-0.25, -0.2) is 0 Å². The summed E-state index contributed by atoms with van der Waals surface area (Å²) >= 11 is 0. The predicted molar refractivity (Wildman–Crippen MR) is 83.1 cm³/mol. The second-order valence-electron chi connectivity index (χ2n) is 6.56. The highest BCUT2D eigenvalue weighted by molar-refractivity contribution is 4.74. The summed E-state index contributed by atoms with van der Waals surface area (Å²) in [7, 11) is 1.99. The third-order valence-corrected chi connectivity index (χ3v) is 4.84. The molecule has 2 aliphatic rings. The predicted octanol–water partition coefficient (Wildman–Crippen LogP) is 3.52. The van der Waals surface area contributed by atoms with Crippen molar-refractivity contribution in [3.05, 3.63) is 0 Å². The number of rotatable bonds is 8. The molecule has 0 bridgehead atoms. The van der Waals surface area contributed by atoms with E-state index >= 15 is 0 Å². The number of ether oxygens (including phenoxy) is 2. The van der Waals surface area contributed by atoms with E-state index in [0.717, 1.165) is 32.1 Å². The van der Waals surface area contributed by atoms with Gasteiger partial charge < -0.3 is 14.8 Å². The van der Waals surface area contributed by atoms with Crippen LogP contribution in [0.5, 0.6) is 0 Å². The molecule has 0 amide bonds. The quantitative estimate of drug-likeness (QED) is 0.691. The maximum Gasteiger partial charge on any atom is 0.0577 e. The van der Waals surface area contributed by atoms with Crippen molar-refractivity contribution in [2.24, 2.45) is 5.92 Å². The van der Waals surface area contributed by atoms with Crippen molar-refractivity contribution in [1.82, 2.24) is 5.32 Å². The number of hydrogen-bond donors (Lipinski definition) is 1. The monoisotopic (exact) mass is 283 g/mol. The van der Waals surface area contributed by atoms with Crippen LogP contribution in [0.1, 0.15) is 64.2 Å². The molecule has 0 aromatic carbocycles. The lowest BCUT2D eigenvalue weighted by atomic mass is 9.89. The van der Waals surface area contributed by atoms with Gasteiger partial charge in [0.15, 0.2) is 0 Å². The van der Waals surface area contributed by atoms with E-state index in [4.69, 9.17) is 9.47 Å². The first-order chi connectivity index (χ1) is 9.88. The summed E-state index contributed by atoms with van der Waals surface area (Å²) in [4.78, 5) is 0. The van der Waals surface area contributed by atoms with Crippen LogP contribution in [0.3, 0.4) is 0 Å². The van der Waals surface area contributed by atoms with E-state index in [1.807, 2.05) is 7.05 Å². The molecule has 2 fully saturated rings. The molecule has 3 nitrogen and oxygen atoms in total. The van der Waals surface area contributed by atoms with Gasteiger partial charge in [-0.1, -0.05) is 19.3 Å². The van der Waals surface area contributed by atoms with Gasteiger partial charge in [0.2, 0.25) is 0 Å². The molecule has 2 aliphatic carbocycles. The molecule has 0 spiro atoms. The minimum Gasteiger partial charge on any atom is -0.378 e. The topological polar surface area (TPSA) is 30.5 Å². The molecule has 0 heterocycles. The molecule has 0 unspecified atom stereocenters. The van der Waals surface area contributed by atoms with E-state index in [-0.39, 0.29) is 0 Å². The average molecular weight is 283 g/mol. The summed E-state index contributed by atoms with van der Waals surface area (Å²) in [5.41, 5.74) is 0. The van der Waals surface area contributed by atoms with Gasteiger partial charge in [0.05, 0.1) is 12.2 Å². The standard InChI is InChI=1S/C17H33NO2/c1-18-12-5-13-19-16-8-10-17(11-9-16)20-14-15-6-3-2-4-7-15/h15-18H,2-14H2,1H3. The van der Waals surface area contributed by atoms with Gasteiger partial charge >= 0.3 is 0 Å². The van der Waals surface area contributed by atoms with Crippen LogP contribution in [0, 0.1) is 5.92 Å². The van der Waals surface area contributed by atoms with Crippen LogP contribution < -0.4 is 5.32 Å². The van der Waals surface area contributed by atoms with Crippen LogP contribution in [0.25, 0.3) is 0 Å². The minimum atomic E-state index is 0.487. The molecule has 0 aliphatic heterocycles. The maximum atomic E-state index is 6.15. The average Bonchev–Trinajstić information content (AvgIpc) is 2.52. The van der Waals surface area contributed by atoms with Gasteiger partial charge in [-0.3, -0.25) is 0 Å². The molecule has 118 valence electrons. The fraction of sp³-hybridized carbons (Fsp3) is 1.00. The van der Waals surface area contributed by atoms with E-state index < -0.39 is 0 Å². The van der Waals surface area contributed by atoms with Crippen LogP contribution in [-0.2, 0) is 9.47 Å². The van der Waals surface area contributed by atoms with Crippen LogP contribution in [-0.4, -0.2) is 39.0 Å². The van der Waals surface area contributed by atoms with Crippen LogP contribution in [0.2, 0.25) is 0 Å². The fourth-order valence-electron chi connectivity index (χ4n) is 3.49. The van der Waals surface area contributed by atoms with Gasteiger partial charge in [0.1, 0.15) is 0 Å². The van der Waals surface area contributed by atoms with Crippen LogP contribution in [0.15, 0.2) is 0 Å². The summed E-state index contributed by atoms with van der Waals surface area (Å²) in [5, 5.41) is 3.16. The summed E-state index contributed by atoms with van der Waals surface area (Å²) in [6, 6.07) is 0. The van der Waals surface area contributed by atoms with Crippen molar-refractivity contribution in [3.8, 4) is 0 Å². The third kappa shape index (κ3) is 6.11. The molecule has 20 heavy (non-hydrogen) atoms. The first-order valence-electron chi connectivity index (χ1n) is 8.76. The van der Waals surface area contributed by atoms with E-state index in [2.05, 4.69) is 5.32 Å². The Hall–Kier alpha value is -0.120. The Kier molecular flexibility index (Phi) is 7.92. The molecule has 0 aromatic rings. The highest BCUT2D eigenvalue weighted by Gasteiger charge is 2.23. The molecular formula is C17H33NO2. The summed E-state index contributed by atoms with van der Waals surface area (Å²) < 4.78 is 12.1. The Balaban J connectivity index is 1.50. The lowest BCUT2D eigenvalue weighted by Crippen LogP contribution is -2.29. The van der Waals surface area contributed by atoms with Crippen molar-refractivity contribution >= 4 is 0 Å². The zero-order valence-corrected chi connectivity index (χ0v) is 13.2. The van der Waals surface area contributed by atoms with E-state index in [1.165, 1.54) is 57.8 Å². The molecule has 0 saturated heterocycles. The van der Waals surface area contributed by atoms with Gasteiger partial charge in [0.25, 0.3) is 0 Å². The zero-order valence-electron chi connectivity index (χ0n) is 13.2. The highest BCUT2D eigenvalue weighted by Crippen LogP contribution is 2.27. The van der Waals surface area contributed by atoms with Gasteiger partial charge in [0, 0.05) is 13.2 Å².